The van der Waals surface area contributed by atoms with Gasteiger partial charge in [0, 0.05) is 32.2 Å². The Bertz CT molecular complexity index is 337. The maximum Gasteiger partial charge on any atom is 0.118 e. The van der Waals surface area contributed by atoms with Crippen LogP contribution in [0, 0.1) is 0 Å². The van der Waals surface area contributed by atoms with Gasteiger partial charge in [0.05, 0.1) is 7.11 Å². The van der Waals surface area contributed by atoms with Gasteiger partial charge >= 0.3 is 0 Å². The van der Waals surface area contributed by atoms with Crippen molar-refractivity contribution in [2.45, 2.75) is 25.9 Å². The Labute approximate surface area is 104 Å². The smallest absolute Gasteiger partial charge is 0.118 e. The second-order valence-electron chi connectivity index (χ2n) is 4.64. The number of nitrogens with zero attached hydrogens (tertiary/aromatic N) is 1. The number of rotatable bonds is 4. The van der Waals surface area contributed by atoms with Crippen LogP contribution in [0.3, 0.4) is 0 Å². The molecule has 1 aromatic rings. The molecule has 2 rings (SSSR count). The lowest BCUT2D eigenvalue weighted by Gasteiger charge is -2.33. The quantitative estimate of drug-likeness (QED) is 0.861. The van der Waals surface area contributed by atoms with Gasteiger partial charge in [-0.3, -0.25) is 4.90 Å². The molecule has 1 heterocycles. The first kappa shape index (κ1) is 12.4. The highest BCUT2D eigenvalue weighted by Crippen LogP contribution is 2.14. The van der Waals surface area contributed by atoms with Gasteiger partial charge < -0.3 is 10.1 Å². The summed E-state index contributed by atoms with van der Waals surface area (Å²) in [5.41, 5.74) is 1.36. The number of ether oxygens (including phenoxy) is 1. The molecular weight excluding hydrogens is 212 g/mol. The second-order valence-corrected chi connectivity index (χ2v) is 4.64. The fourth-order valence-electron chi connectivity index (χ4n) is 2.30. The molecule has 1 unspecified atom stereocenters. The van der Waals surface area contributed by atoms with Crippen molar-refractivity contribution in [3.05, 3.63) is 29.8 Å². The van der Waals surface area contributed by atoms with Crippen LogP contribution in [0.25, 0.3) is 0 Å². The molecule has 3 nitrogen and oxygen atoms in total. The van der Waals surface area contributed by atoms with E-state index in [-0.39, 0.29) is 0 Å². The Morgan fingerprint density at radius 2 is 2.12 bits per heavy atom. The molecule has 0 radical (unpaired) electrons. The molecule has 1 N–H and O–H groups in total. The lowest BCUT2D eigenvalue weighted by Crippen LogP contribution is -2.49. The van der Waals surface area contributed by atoms with Gasteiger partial charge in [0.25, 0.3) is 0 Å². The van der Waals surface area contributed by atoms with Gasteiger partial charge in [-0.15, -0.1) is 0 Å². The van der Waals surface area contributed by atoms with Crippen LogP contribution in [-0.2, 0) is 6.54 Å². The highest BCUT2D eigenvalue weighted by molar-refractivity contribution is 5.27. The third kappa shape index (κ3) is 3.45. The SMILES string of the molecule is CCC1CN(Cc2ccc(OC)cc2)CCN1. The van der Waals surface area contributed by atoms with E-state index < -0.39 is 0 Å². The monoisotopic (exact) mass is 234 g/mol. The van der Waals surface area contributed by atoms with Crippen LogP contribution in [-0.4, -0.2) is 37.7 Å². The van der Waals surface area contributed by atoms with E-state index in [1.165, 1.54) is 12.0 Å². The summed E-state index contributed by atoms with van der Waals surface area (Å²) < 4.78 is 5.17. The van der Waals surface area contributed by atoms with Crippen LogP contribution >= 0.6 is 0 Å². The zero-order chi connectivity index (χ0) is 12.1. The molecule has 1 aromatic carbocycles. The third-order valence-electron chi connectivity index (χ3n) is 3.40. The molecule has 0 amide bonds. The molecule has 3 heteroatoms. The van der Waals surface area contributed by atoms with Gasteiger partial charge in [0.15, 0.2) is 0 Å². The van der Waals surface area contributed by atoms with Crippen molar-refractivity contribution in [1.29, 1.82) is 0 Å². The fourth-order valence-corrected chi connectivity index (χ4v) is 2.30. The average molecular weight is 234 g/mol. The van der Waals surface area contributed by atoms with Crippen LogP contribution in [0.5, 0.6) is 5.75 Å². The molecule has 0 aliphatic carbocycles. The summed E-state index contributed by atoms with van der Waals surface area (Å²) in [5.74, 6) is 0.931. The van der Waals surface area contributed by atoms with Crippen LogP contribution in [0.1, 0.15) is 18.9 Å². The maximum atomic E-state index is 5.17. The number of piperazine rings is 1. The lowest BCUT2D eigenvalue weighted by molar-refractivity contribution is 0.190. The summed E-state index contributed by atoms with van der Waals surface area (Å²) in [4.78, 5) is 2.52. The van der Waals surface area contributed by atoms with E-state index in [4.69, 9.17) is 4.74 Å². The highest BCUT2D eigenvalue weighted by atomic mass is 16.5. The molecule has 0 spiro atoms. The number of methoxy groups -OCH3 is 1. The summed E-state index contributed by atoms with van der Waals surface area (Å²) in [6.07, 6.45) is 1.21. The summed E-state index contributed by atoms with van der Waals surface area (Å²) in [6.45, 7) is 6.69. The molecule has 1 aliphatic heterocycles. The largest absolute Gasteiger partial charge is 0.497 e. The maximum absolute atomic E-state index is 5.17. The molecular formula is C14H22N2O. The third-order valence-corrected chi connectivity index (χ3v) is 3.40. The van der Waals surface area contributed by atoms with Crippen molar-refractivity contribution in [2.75, 3.05) is 26.7 Å². The number of hydrogen-bond acceptors (Lipinski definition) is 3. The standard InChI is InChI=1S/C14H22N2O/c1-3-13-11-16(9-8-15-13)10-12-4-6-14(17-2)7-5-12/h4-7,13,15H,3,8-11H2,1-2H3. The van der Waals surface area contributed by atoms with E-state index in [1.54, 1.807) is 7.11 Å². The normalized spacial score (nSPS) is 21.4. The molecule has 94 valence electrons. The first-order valence-corrected chi connectivity index (χ1v) is 6.40. The van der Waals surface area contributed by atoms with Crippen molar-refractivity contribution in [3.8, 4) is 5.75 Å². The van der Waals surface area contributed by atoms with E-state index in [2.05, 4.69) is 29.3 Å². The van der Waals surface area contributed by atoms with E-state index in [1.807, 2.05) is 12.1 Å². The highest BCUT2D eigenvalue weighted by Gasteiger charge is 2.17. The van der Waals surface area contributed by atoms with Crippen molar-refractivity contribution in [3.63, 3.8) is 0 Å². The second kappa shape index (κ2) is 6.03. The van der Waals surface area contributed by atoms with Crippen LogP contribution in [0.4, 0.5) is 0 Å². The Kier molecular flexibility index (Phi) is 4.40. The van der Waals surface area contributed by atoms with E-state index in [9.17, 15) is 0 Å². The molecule has 0 aromatic heterocycles. The van der Waals surface area contributed by atoms with Gasteiger partial charge in [-0.25, -0.2) is 0 Å². The van der Waals surface area contributed by atoms with Gasteiger partial charge in [-0.1, -0.05) is 19.1 Å². The van der Waals surface area contributed by atoms with Crippen molar-refractivity contribution < 1.29 is 4.74 Å². The number of hydrogen-bond donors (Lipinski definition) is 1. The first-order valence-electron chi connectivity index (χ1n) is 6.40. The van der Waals surface area contributed by atoms with Crippen molar-refractivity contribution in [1.82, 2.24) is 10.2 Å². The predicted molar refractivity (Wildman–Crippen MR) is 70.4 cm³/mol. The lowest BCUT2D eigenvalue weighted by atomic mass is 10.1. The Balaban J connectivity index is 1.90. The van der Waals surface area contributed by atoms with Crippen molar-refractivity contribution in [2.24, 2.45) is 0 Å². The zero-order valence-electron chi connectivity index (χ0n) is 10.8. The Morgan fingerprint density at radius 1 is 1.35 bits per heavy atom. The number of benzene rings is 1. The van der Waals surface area contributed by atoms with Crippen molar-refractivity contribution >= 4 is 0 Å². The number of nitrogens with one attached hydrogen (secondary N) is 1. The molecule has 1 saturated heterocycles. The molecule has 1 atom stereocenters. The summed E-state index contributed by atoms with van der Waals surface area (Å²) in [6, 6.07) is 9.04. The first-order chi connectivity index (χ1) is 8.31. The fraction of sp³-hybridized carbons (Fsp3) is 0.571. The van der Waals surface area contributed by atoms with E-state index in [0.717, 1.165) is 31.9 Å². The summed E-state index contributed by atoms with van der Waals surface area (Å²) in [7, 11) is 1.71. The summed E-state index contributed by atoms with van der Waals surface area (Å²) in [5, 5.41) is 3.54. The van der Waals surface area contributed by atoms with Crippen LogP contribution in [0.15, 0.2) is 24.3 Å². The Morgan fingerprint density at radius 3 is 2.76 bits per heavy atom. The molecule has 0 bridgehead atoms. The molecule has 1 aliphatic rings. The van der Waals surface area contributed by atoms with Gasteiger partial charge in [-0.05, 0) is 24.1 Å². The summed E-state index contributed by atoms with van der Waals surface area (Å²) >= 11 is 0. The topological polar surface area (TPSA) is 24.5 Å². The van der Waals surface area contributed by atoms with Crippen LogP contribution < -0.4 is 10.1 Å². The minimum atomic E-state index is 0.655. The van der Waals surface area contributed by atoms with E-state index >= 15 is 0 Å². The zero-order valence-corrected chi connectivity index (χ0v) is 10.8. The molecule has 0 saturated carbocycles. The van der Waals surface area contributed by atoms with Gasteiger partial charge in [0.1, 0.15) is 5.75 Å². The average Bonchev–Trinajstić information content (AvgIpc) is 2.40. The Hall–Kier alpha value is -1.06. The van der Waals surface area contributed by atoms with Crippen LogP contribution in [0.2, 0.25) is 0 Å². The van der Waals surface area contributed by atoms with E-state index in [0.29, 0.717) is 6.04 Å². The van der Waals surface area contributed by atoms with Gasteiger partial charge in [0.2, 0.25) is 0 Å². The minimum absolute atomic E-state index is 0.655. The molecule has 1 fully saturated rings. The van der Waals surface area contributed by atoms with Gasteiger partial charge in [-0.2, -0.15) is 0 Å². The predicted octanol–water partition coefficient (Wildman–Crippen LogP) is 1.88. The minimum Gasteiger partial charge on any atom is -0.497 e. The molecule has 17 heavy (non-hydrogen) atoms.